The maximum Gasteiger partial charge on any atom is 1.00 e. The van der Waals surface area contributed by atoms with Crippen LogP contribution >= 0.6 is 0 Å². The van der Waals surface area contributed by atoms with Crippen molar-refractivity contribution >= 4 is 10.1 Å². The molecule has 0 saturated carbocycles. The van der Waals surface area contributed by atoms with Gasteiger partial charge in [-0.25, -0.2) is 0 Å². The smallest absolute Gasteiger partial charge is 0.693 e. The van der Waals surface area contributed by atoms with E-state index < -0.39 is 10.1 Å². The Labute approximate surface area is 170 Å². The third-order valence-electron chi connectivity index (χ3n) is 4.05. The van der Waals surface area contributed by atoms with E-state index in [9.17, 15) is 13.0 Å². The Morgan fingerprint density at radius 1 is 0.833 bits per heavy atom. The molecule has 0 heterocycles. The first-order valence-corrected chi connectivity index (χ1v) is 10.0. The Kier molecular flexibility index (Phi) is 16.8. The molecule has 24 heavy (non-hydrogen) atoms. The second kappa shape index (κ2) is 15.4. The molecule has 3 N–H and O–H groups in total. The second-order valence-corrected chi connectivity index (χ2v) is 7.40. The SMILES string of the molecule is CCCCCCCCCCCCc1ccccc1S(=O)(=O)O.[NH2-].[Na+]. The van der Waals surface area contributed by atoms with Crippen LogP contribution in [0.1, 0.15) is 76.7 Å². The number of hydrogen-bond acceptors (Lipinski definition) is 2. The van der Waals surface area contributed by atoms with Crippen LogP contribution in [0.5, 0.6) is 0 Å². The van der Waals surface area contributed by atoms with E-state index >= 15 is 0 Å². The summed E-state index contributed by atoms with van der Waals surface area (Å²) in [6.07, 6.45) is 13.3. The molecule has 1 rings (SSSR count). The van der Waals surface area contributed by atoms with Gasteiger partial charge in [0.1, 0.15) is 0 Å². The zero-order valence-electron chi connectivity index (χ0n) is 15.3. The Morgan fingerprint density at radius 3 is 1.79 bits per heavy atom. The Balaban J connectivity index is 0. The molecular formula is C18H32NNaO3S. The Morgan fingerprint density at radius 2 is 1.29 bits per heavy atom. The van der Waals surface area contributed by atoms with Crippen molar-refractivity contribution in [2.45, 2.75) is 82.4 Å². The van der Waals surface area contributed by atoms with Crippen LogP contribution in [0.15, 0.2) is 29.2 Å². The molecule has 0 aliphatic heterocycles. The van der Waals surface area contributed by atoms with Crippen molar-refractivity contribution in [3.8, 4) is 0 Å². The van der Waals surface area contributed by atoms with Gasteiger partial charge in [-0.3, -0.25) is 4.55 Å². The molecule has 6 heteroatoms. The molecule has 0 aliphatic rings. The summed E-state index contributed by atoms with van der Waals surface area (Å²) in [5, 5.41) is 0. The average molecular weight is 366 g/mol. The summed E-state index contributed by atoms with van der Waals surface area (Å²) in [5.74, 6) is 0. The predicted molar refractivity (Wildman–Crippen MR) is 97.1 cm³/mol. The van der Waals surface area contributed by atoms with Crippen LogP contribution < -0.4 is 29.6 Å². The van der Waals surface area contributed by atoms with Gasteiger partial charge in [-0.1, -0.05) is 82.9 Å². The molecule has 1 aromatic rings. The fourth-order valence-electron chi connectivity index (χ4n) is 2.76. The fraction of sp³-hybridized carbons (Fsp3) is 0.667. The molecule has 0 spiro atoms. The second-order valence-electron chi connectivity index (χ2n) is 6.01. The number of hydrogen-bond donors (Lipinski definition) is 1. The molecule has 0 bridgehead atoms. The number of rotatable bonds is 12. The normalized spacial score (nSPS) is 10.8. The van der Waals surface area contributed by atoms with Gasteiger partial charge in [0.05, 0.1) is 4.90 Å². The zero-order valence-corrected chi connectivity index (χ0v) is 18.2. The molecule has 0 amide bonds. The summed E-state index contributed by atoms with van der Waals surface area (Å²) in [4.78, 5) is 0.0610. The third kappa shape index (κ3) is 11.6. The van der Waals surface area contributed by atoms with Crippen molar-refractivity contribution in [1.82, 2.24) is 0 Å². The summed E-state index contributed by atoms with van der Waals surface area (Å²) in [6.45, 7) is 2.24. The quantitative estimate of drug-likeness (QED) is 0.351. The zero-order chi connectivity index (χ0) is 16.3. The van der Waals surface area contributed by atoms with Gasteiger partial charge in [-0.15, -0.1) is 0 Å². The monoisotopic (exact) mass is 365 g/mol. The Bertz CT molecular complexity index is 521. The standard InChI is InChI=1S/C18H30O3S.H2N.Na/c1-2-3-4-5-6-7-8-9-10-11-14-17-15-12-13-16-18(17)22(19,20)21;;/h12-13,15-16H,2-11,14H2,1H3,(H,19,20,21);1H2;/q;-1;+1. The number of benzene rings is 1. The van der Waals surface area contributed by atoms with Gasteiger partial charge in [0.2, 0.25) is 0 Å². The molecule has 4 nitrogen and oxygen atoms in total. The summed E-state index contributed by atoms with van der Waals surface area (Å²) in [6, 6.07) is 6.73. The van der Waals surface area contributed by atoms with E-state index in [-0.39, 0.29) is 40.6 Å². The molecule has 0 fully saturated rings. The van der Waals surface area contributed by atoms with E-state index in [4.69, 9.17) is 0 Å². The minimum Gasteiger partial charge on any atom is -0.693 e. The number of nitrogens with two attached hydrogens (primary N) is 1. The molecular weight excluding hydrogens is 333 g/mol. The van der Waals surface area contributed by atoms with Crippen LogP contribution in [0.3, 0.4) is 0 Å². The molecule has 0 unspecified atom stereocenters. The first kappa shape index (κ1) is 26.3. The van der Waals surface area contributed by atoms with Gasteiger partial charge in [0, 0.05) is 0 Å². The van der Waals surface area contributed by atoms with Gasteiger partial charge in [0.15, 0.2) is 0 Å². The van der Waals surface area contributed by atoms with Gasteiger partial charge in [-0.2, -0.15) is 8.42 Å². The maximum atomic E-state index is 11.3. The summed E-state index contributed by atoms with van der Waals surface area (Å²) in [5.41, 5.74) is 0.726. The average Bonchev–Trinajstić information content (AvgIpc) is 2.48. The van der Waals surface area contributed by atoms with Gasteiger partial charge in [-0.05, 0) is 24.5 Å². The summed E-state index contributed by atoms with van der Waals surface area (Å²) in [7, 11) is -4.10. The third-order valence-corrected chi connectivity index (χ3v) is 5.00. The van der Waals surface area contributed by atoms with E-state index in [1.165, 1.54) is 57.4 Å². The predicted octanol–water partition coefficient (Wildman–Crippen LogP) is 3.12. The van der Waals surface area contributed by atoms with Gasteiger partial charge < -0.3 is 6.15 Å². The topological polar surface area (TPSA) is 87.9 Å². The van der Waals surface area contributed by atoms with Crippen molar-refractivity contribution in [1.29, 1.82) is 0 Å². The van der Waals surface area contributed by atoms with E-state index in [0.29, 0.717) is 6.42 Å². The Hall–Kier alpha value is 0.0900. The van der Waals surface area contributed by atoms with Crippen molar-refractivity contribution in [3.05, 3.63) is 36.0 Å². The minimum absolute atomic E-state index is 0. The first-order chi connectivity index (χ1) is 10.6. The van der Waals surface area contributed by atoms with Crippen molar-refractivity contribution in [2.75, 3.05) is 0 Å². The molecule has 0 aliphatic carbocycles. The van der Waals surface area contributed by atoms with E-state index in [0.717, 1.165) is 18.4 Å². The number of unbranched alkanes of at least 4 members (excludes halogenated alkanes) is 9. The van der Waals surface area contributed by atoms with Gasteiger partial charge >= 0.3 is 29.6 Å². The minimum atomic E-state index is -4.10. The molecule has 0 atom stereocenters. The summed E-state index contributed by atoms with van der Waals surface area (Å²) >= 11 is 0. The molecule has 0 radical (unpaired) electrons. The van der Waals surface area contributed by atoms with E-state index in [2.05, 4.69) is 6.92 Å². The van der Waals surface area contributed by atoms with E-state index in [1.807, 2.05) is 6.07 Å². The molecule has 0 aromatic heterocycles. The fourth-order valence-corrected chi connectivity index (χ4v) is 3.52. The van der Waals surface area contributed by atoms with Crippen LogP contribution in [-0.4, -0.2) is 13.0 Å². The molecule has 0 saturated heterocycles. The van der Waals surface area contributed by atoms with Crippen LogP contribution in [0.25, 0.3) is 6.15 Å². The number of aryl methyl sites for hydroxylation is 1. The largest absolute Gasteiger partial charge is 1.00 e. The van der Waals surface area contributed by atoms with Crippen molar-refractivity contribution in [3.63, 3.8) is 0 Å². The maximum absolute atomic E-state index is 11.3. The van der Waals surface area contributed by atoms with Crippen molar-refractivity contribution < 1.29 is 42.5 Å². The van der Waals surface area contributed by atoms with Crippen molar-refractivity contribution in [2.24, 2.45) is 0 Å². The van der Waals surface area contributed by atoms with Crippen LogP contribution in [0.4, 0.5) is 0 Å². The van der Waals surface area contributed by atoms with Crippen LogP contribution in [-0.2, 0) is 16.5 Å². The van der Waals surface area contributed by atoms with E-state index in [1.54, 1.807) is 12.1 Å². The first-order valence-electron chi connectivity index (χ1n) is 8.61. The van der Waals surface area contributed by atoms with Crippen LogP contribution in [0.2, 0.25) is 0 Å². The van der Waals surface area contributed by atoms with Gasteiger partial charge in [0.25, 0.3) is 10.1 Å². The molecule has 1 aromatic carbocycles. The molecule has 134 valence electrons. The summed E-state index contributed by atoms with van der Waals surface area (Å²) < 4.78 is 31.8. The van der Waals surface area contributed by atoms with Crippen LogP contribution in [0, 0.1) is 0 Å².